The average molecular weight is 250 g/mol. The lowest BCUT2D eigenvalue weighted by Crippen LogP contribution is -2.39. The predicted octanol–water partition coefficient (Wildman–Crippen LogP) is 1.88. The summed E-state index contributed by atoms with van der Waals surface area (Å²) in [5, 5.41) is 20.0. The Morgan fingerprint density at radius 2 is 2.11 bits per heavy atom. The SMILES string of the molecule is C[C@H](O)c1ccnc(N(C)CC2(O)CCCC2)c1. The summed E-state index contributed by atoms with van der Waals surface area (Å²) in [7, 11) is 1.93. The fraction of sp³-hybridized carbons (Fsp3) is 0.643. The van der Waals surface area contributed by atoms with E-state index < -0.39 is 11.7 Å². The molecular formula is C14H22N2O2. The molecule has 0 aliphatic heterocycles. The zero-order valence-corrected chi connectivity index (χ0v) is 11.1. The van der Waals surface area contributed by atoms with Crippen LogP contribution in [0.25, 0.3) is 0 Å². The number of aliphatic hydroxyl groups is 2. The van der Waals surface area contributed by atoms with Crippen molar-refractivity contribution < 1.29 is 10.2 Å². The van der Waals surface area contributed by atoms with E-state index in [2.05, 4.69) is 4.98 Å². The number of hydrogen-bond acceptors (Lipinski definition) is 4. The van der Waals surface area contributed by atoms with Crippen LogP contribution < -0.4 is 4.90 Å². The molecule has 0 spiro atoms. The molecule has 1 fully saturated rings. The molecule has 100 valence electrons. The van der Waals surface area contributed by atoms with Gasteiger partial charge in [0.1, 0.15) is 5.82 Å². The van der Waals surface area contributed by atoms with Crippen LogP contribution in [0.2, 0.25) is 0 Å². The van der Waals surface area contributed by atoms with E-state index in [0.29, 0.717) is 6.54 Å². The van der Waals surface area contributed by atoms with Crippen LogP contribution in [0.5, 0.6) is 0 Å². The van der Waals surface area contributed by atoms with Crippen molar-refractivity contribution in [1.29, 1.82) is 0 Å². The highest BCUT2D eigenvalue weighted by atomic mass is 16.3. The summed E-state index contributed by atoms with van der Waals surface area (Å²) < 4.78 is 0. The second kappa shape index (κ2) is 5.24. The molecule has 0 saturated heterocycles. The smallest absolute Gasteiger partial charge is 0.128 e. The Kier molecular flexibility index (Phi) is 3.88. The minimum Gasteiger partial charge on any atom is -0.389 e. The van der Waals surface area contributed by atoms with Gasteiger partial charge in [0, 0.05) is 19.8 Å². The fourth-order valence-electron chi connectivity index (χ4n) is 2.62. The second-order valence-corrected chi connectivity index (χ2v) is 5.41. The van der Waals surface area contributed by atoms with Crippen molar-refractivity contribution in [3.05, 3.63) is 23.9 Å². The van der Waals surface area contributed by atoms with Crippen molar-refractivity contribution in [1.82, 2.24) is 4.98 Å². The first-order chi connectivity index (χ1) is 8.50. The number of nitrogens with zero attached hydrogens (tertiary/aromatic N) is 2. The summed E-state index contributed by atoms with van der Waals surface area (Å²) in [6.45, 7) is 2.34. The molecule has 2 N–H and O–H groups in total. The molecule has 1 aliphatic rings. The molecule has 1 atom stereocenters. The molecule has 0 unspecified atom stereocenters. The lowest BCUT2D eigenvalue weighted by atomic mass is 10.0. The Bertz CT molecular complexity index is 401. The van der Waals surface area contributed by atoms with E-state index >= 15 is 0 Å². The van der Waals surface area contributed by atoms with Crippen molar-refractivity contribution in [3.63, 3.8) is 0 Å². The van der Waals surface area contributed by atoms with Crippen molar-refractivity contribution in [2.75, 3.05) is 18.5 Å². The normalized spacial score (nSPS) is 19.8. The summed E-state index contributed by atoms with van der Waals surface area (Å²) in [5.74, 6) is 0.800. The van der Waals surface area contributed by atoms with Crippen molar-refractivity contribution >= 4 is 5.82 Å². The summed E-state index contributed by atoms with van der Waals surface area (Å²) >= 11 is 0. The van der Waals surface area contributed by atoms with Gasteiger partial charge in [-0.1, -0.05) is 12.8 Å². The van der Waals surface area contributed by atoms with E-state index in [1.54, 1.807) is 13.1 Å². The monoisotopic (exact) mass is 250 g/mol. The molecule has 0 bridgehead atoms. The van der Waals surface area contributed by atoms with Crippen LogP contribution in [-0.2, 0) is 0 Å². The predicted molar refractivity (Wildman–Crippen MR) is 71.6 cm³/mol. The van der Waals surface area contributed by atoms with Crippen LogP contribution in [0.3, 0.4) is 0 Å². The van der Waals surface area contributed by atoms with Gasteiger partial charge < -0.3 is 15.1 Å². The van der Waals surface area contributed by atoms with Crippen LogP contribution >= 0.6 is 0 Å². The molecule has 0 aromatic carbocycles. The van der Waals surface area contributed by atoms with Crippen molar-refractivity contribution in [3.8, 4) is 0 Å². The van der Waals surface area contributed by atoms with Gasteiger partial charge in [0.2, 0.25) is 0 Å². The van der Waals surface area contributed by atoms with Gasteiger partial charge in [0.25, 0.3) is 0 Å². The highest BCUT2D eigenvalue weighted by molar-refractivity contribution is 5.41. The molecule has 1 aromatic heterocycles. The number of pyridine rings is 1. The Labute approximate surface area is 108 Å². The molecule has 4 heteroatoms. The lowest BCUT2D eigenvalue weighted by Gasteiger charge is -2.29. The number of hydrogen-bond donors (Lipinski definition) is 2. The summed E-state index contributed by atoms with van der Waals surface area (Å²) in [5.41, 5.74) is 0.280. The Balaban J connectivity index is 2.08. The highest BCUT2D eigenvalue weighted by Gasteiger charge is 2.32. The quantitative estimate of drug-likeness (QED) is 0.856. The Morgan fingerprint density at radius 1 is 1.44 bits per heavy atom. The molecule has 18 heavy (non-hydrogen) atoms. The van der Waals surface area contributed by atoms with Gasteiger partial charge in [-0.05, 0) is 37.5 Å². The first-order valence-corrected chi connectivity index (χ1v) is 6.58. The Morgan fingerprint density at radius 3 is 2.72 bits per heavy atom. The minimum absolute atomic E-state index is 0.491. The fourth-order valence-corrected chi connectivity index (χ4v) is 2.62. The van der Waals surface area contributed by atoms with Gasteiger partial charge in [-0.25, -0.2) is 4.98 Å². The van der Waals surface area contributed by atoms with E-state index in [1.807, 2.05) is 24.1 Å². The molecule has 1 saturated carbocycles. The summed E-state index contributed by atoms with van der Waals surface area (Å²) in [4.78, 5) is 6.27. The highest BCUT2D eigenvalue weighted by Crippen LogP contribution is 2.31. The van der Waals surface area contributed by atoms with Gasteiger partial charge in [-0.2, -0.15) is 0 Å². The molecule has 4 nitrogen and oxygen atoms in total. The van der Waals surface area contributed by atoms with Gasteiger partial charge in [-0.3, -0.25) is 0 Å². The average Bonchev–Trinajstić information content (AvgIpc) is 2.76. The van der Waals surface area contributed by atoms with E-state index in [4.69, 9.17) is 0 Å². The van der Waals surface area contributed by atoms with Crippen molar-refractivity contribution in [2.45, 2.75) is 44.3 Å². The standard InChI is InChI=1S/C14H22N2O2/c1-11(17)12-5-8-15-13(9-12)16(2)10-14(18)6-3-4-7-14/h5,8-9,11,17-18H,3-4,6-7,10H2,1-2H3/t11-/m0/s1. The molecule has 0 amide bonds. The van der Waals surface area contributed by atoms with Gasteiger partial charge in [0.05, 0.1) is 11.7 Å². The summed E-state index contributed by atoms with van der Waals surface area (Å²) in [6, 6.07) is 3.69. The van der Waals surface area contributed by atoms with Gasteiger partial charge in [0.15, 0.2) is 0 Å². The number of likely N-dealkylation sites (N-methyl/N-ethyl adjacent to an activating group) is 1. The third kappa shape index (κ3) is 3.00. The van der Waals surface area contributed by atoms with Crippen LogP contribution in [0, 0.1) is 0 Å². The number of anilines is 1. The van der Waals surface area contributed by atoms with Gasteiger partial charge >= 0.3 is 0 Å². The minimum atomic E-state index is -0.572. The van der Waals surface area contributed by atoms with Gasteiger partial charge in [-0.15, -0.1) is 0 Å². The Hall–Kier alpha value is -1.13. The maximum absolute atomic E-state index is 10.4. The van der Waals surface area contributed by atoms with E-state index in [9.17, 15) is 10.2 Å². The molecule has 1 heterocycles. The second-order valence-electron chi connectivity index (χ2n) is 5.41. The van der Waals surface area contributed by atoms with Crippen LogP contribution in [0.15, 0.2) is 18.3 Å². The maximum Gasteiger partial charge on any atom is 0.128 e. The molecule has 1 aliphatic carbocycles. The third-order valence-electron chi connectivity index (χ3n) is 3.71. The van der Waals surface area contributed by atoms with Crippen molar-refractivity contribution in [2.24, 2.45) is 0 Å². The number of aromatic nitrogens is 1. The van der Waals surface area contributed by atoms with Crippen LogP contribution in [0.1, 0.15) is 44.3 Å². The number of rotatable bonds is 4. The molecule has 0 radical (unpaired) electrons. The zero-order chi connectivity index (χ0) is 13.2. The summed E-state index contributed by atoms with van der Waals surface area (Å²) in [6.07, 6.45) is 5.15. The lowest BCUT2D eigenvalue weighted by molar-refractivity contribution is 0.0558. The molecule has 2 rings (SSSR count). The van der Waals surface area contributed by atoms with E-state index in [1.165, 1.54) is 0 Å². The first-order valence-electron chi connectivity index (χ1n) is 6.58. The van der Waals surface area contributed by atoms with E-state index in [-0.39, 0.29) is 0 Å². The number of aliphatic hydroxyl groups excluding tert-OH is 1. The maximum atomic E-state index is 10.4. The molecular weight excluding hydrogens is 228 g/mol. The third-order valence-corrected chi connectivity index (χ3v) is 3.71. The topological polar surface area (TPSA) is 56.6 Å². The van der Waals surface area contributed by atoms with Crippen LogP contribution in [0.4, 0.5) is 5.82 Å². The van der Waals surface area contributed by atoms with E-state index in [0.717, 1.165) is 37.1 Å². The first kappa shape index (κ1) is 13.3. The van der Waals surface area contributed by atoms with Crippen LogP contribution in [-0.4, -0.2) is 34.4 Å². The molecule has 1 aromatic rings. The largest absolute Gasteiger partial charge is 0.389 e. The zero-order valence-electron chi connectivity index (χ0n) is 11.1.